The molecule has 114 valence electrons. The predicted octanol–water partition coefficient (Wildman–Crippen LogP) is 2.34. The van der Waals surface area contributed by atoms with E-state index >= 15 is 0 Å². The van der Waals surface area contributed by atoms with Crippen molar-refractivity contribution < 1.29 is 13.5 Å². The average Bonchev–Trinajstić information content (AvgIpc) is 2.82. The molecule has 0 bridgehead atoms. The molecule has 0 radical (unpaired) electrons. The number of hydrogen-bond donors (Lipinski definition) is 3. The zero-order chi connectivity index (χ0) is 15.6. The summed E-state index contributed by atoms with van der Waals surface area (Å²) < 4.78 is 28.5. The van der Waals surface area contributed by atoms with Crippen molar-refractivity contribution in [1.29, 1.82) is 0 Å². The molecule has 8 heteroatoms. The summed E-state index contributed by atoms with van der Waals surface area (Å²) >= 11 is 3.36. The first-order chi connectivity index (χ1) is 9.89. The fourth-order valence-corrected chi connectivity index (χ4v) is 3.95. The van der Waals surface area contributed by atoms with Crippen LogP contribution in [0.2, 0.25) is 0 Å². The summed E-state index contributed by atoms with van der Waals surface area (Å²) in [7, 11) is -3.81. The van der Waals surface area contributed by atoms with Gasteiger partial charge in [-0.3, -0.25) is 9.82 Å². The van der Waals surface area contributed by atoms with Crippen LogP contribution in [0.5, 0.6) is 0 Å². The molecule has 1 aromatic heterocycles. The van der Waals surface area contributed by atoms with Gasteiger partial charge in [-0.05, 0) is 37.1 Å². The second-order valence-electron chi connectivity index (χ2n) is 4.54. The van der Waals surface area contributed by atoms with Crippen LogP contribution in [-0.2, 0) is 23.1 Å². The van der Waals surface area contributed by atoms with E-state index < -0.39 is 16.6 Å². The lowest BCUT2D eigenvalue weighted by Gasteiger charge is -2.12. The number of aliphatic hydroxyl groups is 1. The van der Waals surface area contributed by atoms with Gasteiger partial charge < -0.3 is 5.11 Å². The van der Waals surface area contributed by atoms with Crippen LogP contribution in [-0.4, -0.2) is 23.7 Å². The monoisotopic (exact) mass is 373 g/mol. The Morgan fingerprint density at radius 3 is 2.76 bits per heavy atom. The third kappa shape index (κ3) is 3.28. The van der Waals surface area contributed by atoms with Crippen molar-refractivity contribution in [3.63, 3.8) is 0 Å². The highest BCUT2D eigenvalue weighted by atomic mass is 79.9. The van der Waals surface area contributed by atoms with Crippen LogP contribution in [0.3, 0.4) is 0 Å². The third-order valence-electron chi connectivity index (χ3n) is 3.07. The molecule has 6 nitrogen and oxygen atoms in total. The predicted molar refractivity (Wildman–Crippen MR) is 83.6 cm³/mol. The Balaban J connectivity index is 2.45. The molecule has 2 aromatic rings. The standard InChI is InChI=1S/C13H16BrN3O3S/c1-3-9-6-10(14)4-5-11(9)17-21(19,20)13-8(2)15-16-12(13)7-18/h4-6,17-18H,3,7H2,1-2H3,(H,15,16). The summed E-state index contributed by atoms with van der Waals surface area (Å²) in [5, 5.41) is 15.6. The van der Waals surface area contributed by atoms with E-state index in [2.05, 4.69) is 30.8 Å². The van der Waals surface area contributed by atoms with Gasteiger partial charge in [0.1, 0.15) is 10.6 Å². The molecule has 0 fully saturated rings. The Kier molecular flexibility index (Phi) is 4.70. The number of halogens is 1. The van der Waals surface area contributed by atoms with E-state index in [4.69, 9.17) is 0 Å². The van der Waals surface area contributed by atoms with E-state index in [0.29, 0.717) is 17.8 Å². The molecule has 2 rings (SSSR count). The Hall–Kier alpha value is -1.38. The molecule has 0 unspecified atom stereocenters. The molecule has 0 aliphatic rings. The van der Waals surface area contributed by atoms with Gasteiger partial charge in [0.15, 0.2) is 0 Å². The van der Waals surface area contributed by atoms with E-state index in [-0.39, 0.29) is 10.6 Å². The number of aliphatic hydroxyl groups excluding tert-OH is 1. The Bertz CT molecular complexity index is 756. The number of aromatic amines is 1. The lowest BCUT2D eigenvalue weighted by atomic mass is 10.1. The molecule has 0 aliphatic heterocycles. The van der Waals surface area contributed by atoms with Crippen molar-refractivity contribution in [2.45, 2.75) is 31.8 Å². The fourth-order valence-electron chi connectivity index (χ4n) is 2.08. The number of benzene rings is 1. The third-order valence-corrected chi connectivity index (χ3v) is 5.13. The zero-order valence-corrected chi connectivity index (χ0v) is 14.0. The summed E-state index contributed by atoms with van der Waals surface area (Å²) in [4.78, 5) is -0.00466. The minimum Gasteiger partial charge on any atom is -0.390 e. The van der Waals surface area contributed by atoms with Crippen molar-refractivity contribution >= 4 is 31.6 Å². The van der Waals surface area contributed by atoms with E-state index in [1.165, 1.54) is 0 Å². The van der Waals surface area contributed by atoms with Crippen LogP contribution < -0.4 is 4.72 Å². The maximum absolute atomic E-state index is 12.5. The van der Waals surface area contributed by atoms with Gasteiger partial charge in [-0.1, -0.05) is 22.9 Å². The van der Waals surface area contributed by atoms with Crippen molar-refractivity contribution in [3.05, 3.63) is 39.6 Å². The SMILES string of the molecule is CCc1cc(Br)ccc1NS(=O)(=O)c1c(CO)n[nH]c1C. The van der Waals surface area contributed by atoms with Gasteiger partial charge in [0, 0.05) is 4.47 Å². The molecule has 0 aliphatic carbocycles. The number of aromatic nitrogens is 2. The molecular weight excluding hydrogens is 358 g/mol. The number of aryl methyl sites for hydroxylation is 2. The number of H-pyrrole nitrogens is 1. The van der Waals surface area contributed by atoms with Crippen LogP contribution >= 0.6 is 15.9 Å². The van der Waals surface area contributed by atoms with Crippen LogP contribution in [0.4, 0.5) is 5.69 Å². The summed E-state index contributed by atoms with van der Waals surface area (Å²) in [6.07, 6.45) is 0.689. The van der Waals surface area contributed by atoms with Crippen LogP contribution in [0.25, 0.3) is 0 Å². The largest absolute Gasteiger partial charge is 0.390 e. The molecule has 0 atom stereocenters. The van der Waals surface area contributed by atoms with E-state index in [9.17, 15) is 13.5 Å². The molecule has 0 amide bonds. The van der Waals surface area contributed by atoms with Crippen molar-refractivity contribution in [2.75, 3.05) is 4.72 Å². The van der Waals surface area contributed by atoms with Gasteiger partial charge in [-0.15, -0.1) is 0 Å². The zero-order valence-electron chi connectivity index (χ0n) is 11.6. The number of hydrogen-bond acceptors (Lipinski definition) is 4. The lowest BCUT2D eigenvalue weighted by Crippen LogP contribution is -2.16. The van der Waals surface area contributed by atoms with Crippen molar-refractivity contribution in [2.24, 2.45) is 0 Å². The molecule has 0 saturated carbocycles. The maximum Gasteiger partial charge on any atom is 0.265 e. The smallest absolute Gasteiger partial charge is 0.265 e. The lowest BCUT2D eigenvalue weighted by molar-refractivity contribution is 0.273. The number of rotatable bonds is 5. The average molecular weight is 374 g/mol. The van der Waals surface area contributed by atoms with Crippen molar-refractivity contribution in [1.82, 2.24) is 10.2 Å². The molecule has 0 saturated heterocycles. The van der Waals surface area contributed by atoms with Crippen molar-refractivity contribution in [3.8, 4) is 0 Å². The maximum atomic E-state index is 12.5. The first kappa shape index (κ1) is 16.0. The molecule has 1 aromatic carbocycles. The first-order valence-electron chi connectivity index (χ1n) is 6.35. The Morgan fingerprint density at radius 1 is 1.43 bits per heavy atom. The van der Waals surface area contributed by atoms with Gasteiger partial charge in [-0.25, -0.2) is 8.42 Å². The molecule has 1 heterocycles. The highest BCUT2D eigenvalue weighted by Gasteiger charge is 2.24. The molecule has 21 heavy (non-hydrogen) atoms. The van der Waals surface area contributed by atoms with Gasteiger partial charge in [-0.2, -0.15) is 5.10 Å². The van der Waals surface area contributed by atoms with Crippen LogP contribution in [0.1, 0.15) is 23.9 Å². The highest BCUT2D eigenvalue weighted by Crippen LogP contribution is 2.26. The summed E-state index contributed by atoms with van der Waals surface area (Å²) in [5.41, 5.74) is 1.89. The van der Waals surface area contributed by atoms with Crippen LogP contribution in [0, 0.1) is 6.92 Å². The summed E-state index contributed by atoms with van der Waals surface area (Å²) in [6, 6.07) is 5.34. The summed E-state index contributed by atoms with van der Waals surface area (Å²) in [6.45, 7) is 3.10. The second-order valence-corrected chi connectivity index (χ2v) is 7.08. The molecular formula is C13H16BrN3O3S. The van der Waals surface area contributed by atoms with Crippen LogP contribution in [0.15, 0.2) is 27.6 Å². The molecule has 0 spiro atoms. The number of nitrogens with zero attached hydrogens (tertiary/aromatic N) is 1. The number of nitrogens with one attached hydrogen (secondary N) is 2. The van der Waals surface area contributed by atoms with E-state index in [1.54, 1.807) is 19.1 Å². The summed E-state index contributed by atoms with van der Waals surface area (Å²) in [5.74, 6) is 0. The molecule has 3 N–H and O–H groups in total. The van der Waals surface area contributed by atoms with Gasteiger partial charge in [0.25, 0.3) is 10.0 Å². The van der Waals surface area contributed by atoms with Gasteiger partial charge in [0.05, 0.1) is 18.0 Å². The normalized spacial score (nSPS) is 11.6. The topological polar surface area (TPSA) is 95.1 Å². The second kappa shape index (κ2) is 6.17. The number of anilines is 1. The van der Waals surface area contributed by atoms with Gasteiger partial charge in [0.2, 0.25) is 0 Å². The quantitative estimate of drug-likeness (QED) is 0.749. The minimum absolute atomic E-state index is 0.00466. The Morgan fingerprint density at radius 2 is 2.14 bits per heavy atom. The minimum atomic E-state index is -3.81. The van der Waals surface area contributed by atoms with E-state index in [1.807, 2.05) is 13.0 Å². The van der Waals surface area contributed by atoms with Gasteiger partial charge >= 0.3 is 0 Å². The fraction of sp³-hybridized carbons (Fsp3) is 0.308. The number of sulfonamides is 1. The first-order valence-corrected chi connectivity index (χ1v) is 8.62. The van der Waals surface area contributed by atoms with E-state index in [0.717, 1.165) is 10.0 Å². The Labute approximate surface area is 131 Å². The highest BCUT2D eigenvalue weighted by molar-refractivity contribution is 9.10.